The van der Waals surface area contributed by atoms with Gasteiger partial charge in [0.2, 0.25) is 11.8 Å². The molecule has 0 aliphatic heterocycles. The van der Waals surface area contributed by atoms with Gasteiger partial charge in [-0.05, 0) is 55.7 Å². The quantitative estimate of drug-likeness (QED) is 0.195. The van der Waals surface area contributed by atoms with Gasteiger partial charge in [-0.1, -0.05) is 97.8 Å². The molecule has 2 amide bonds. The van der Waals surface area contributed by atoms with Gasteiger partial charge in [0.05, 0.1) is 10.6 Å². The van der Waals surface area contributed by atoms with E-state index in [1.54, 1.807) is 54.6 Å². The van der Waals surface area contributed by atoms with Crippen molar-refractivity contribution in [3.8, 4) is 0 Å². The molecule has 0 saturated carbocycles. The Morgan fingerprint density at radius 2 is 1.38 bits per heavy atom. The van der Waals surface area contributed by atoms with E-state index >= 15 is 4.39 Å². The third kappa shape index (κ3) is 8.79. The van der Waals surface area contributed by atoms with Gasteiger partial charge in [0.1, 0.15) is 18.4 Å². The van der Waals surface area contributed by atoms with Crippen molar-refractivity contribution in [3.05, 3.63) is 131 Å². The monoisotopic (exact) mass is 629 g/mol. The molecule has 236 valence electrons. The van der Waals surface area contributed by atoms with Crippen LogP contribution in [0.5, 0.6) is 0 Å². The third-order valence-corrected chi connectivity index (χ3v) is 9.25. The number of carbonyl (C=O) groups excluding carboxylic acids is 2. The van der Waals surface area contributed by atoms with Crippen LogP contribution >= 0.6 is 0 Å². The maximum absolute atomic E-state index is 15.0. The highest BCUT2D eigenvalue weighted by Crippen LogP contribution is 2.26. The van der Waals surface area contributed by atoms with Crippen molar-refractivity contribution in [2.75, 3.05) is 17.4 Å². The van der Waals surface area contributed by atoms with Crippen molar-refractivity contribution in [1.29, 1.82) is 0 Å². The number of amides is 2. The van der Waals surface area contributed by atoms with Crippen LogP contribution in [0.3, 0.4) is 0 Å². The Hall–Kier alpha value is -4.50. The molecule has 0 heterocycles. The molecule has 4 rings (SSSR count). The zero-order valence-corrected chi connectivity index (χ0v) is 26.9. The molecule has 4 aromatic rings. The van der Waals surface area contributed by atoms with Crippen molar-refractivity contribution in [1.82, 2.24) is 10.2 Å². The zero-order chi connectivity index (χ0) is 32.6. The highest BCUT2D eigenvalue weighted by molar-refractivity contribution is 7.92. The highest BCUT2D eigenvalue weighted by atomic mass is 32.2. The second kappa shape index (κ2) is 15.0. The summed E-state index contributed by atoms with van der Waals surface area (Å²) in [5.74, 6) is -1.42. The average molecular weight is 630 g/mol. The Bertz CT molecular complexity index is 1690. The van der Waals surface area contributed by atoms with Gasteiger partial charge in [-0.25, -0.2) is 12.8 Å². The van der Waals surface area contributed by atoms with Gasteiger partial charge in [-0.3, -0.25) is 13.9 Å². The maximum Gasteiger partial charge on any atom is 0.264 e. The van der Waals surface area contributed by atoms with E-state index in [1.807, 2.05) is 58.0 Å². The Labute approximate surface area is 265 Å². The molecule has 0 aliphatic rings. The zero-order valence-electron chi connectivity index (χ0n) is 26.1. The van der Waals surface area contributed by atoms with Crippen molar-refractivity contribution in [3.63, 3.8) is 0 Å². The standard InChI is InChI=1S/C36H40FN3O4S/c1-26(2)23-38-36(42)34(22-29-10-6-5-7-11-29)39(24-30-12-8-9-13-33(30)37)35(41)25-40(31-18-14-27(3)15-19-31)45(43,44)32-20-16-28(4)17-21-32/h5-21,26,34H,22-25H2,1-4H3,(H,38,42). The van der Waals surface area contributed by atoms with Crippen LogP contribution in [-0.4, -0.2) is 44.3 Å². The number of nitrogens with zero attached hydrogens (tertiary/aromatic N) is 2. The molecule has 4 aromatic carbocycles. The summed E-state index contributed by atoms with van der Waals surface area (Å²) in [4.78, 5) is 29.5. The minimum atomic E-state index is -4.21. The number of benzene rings is 4. The highest BCUT2D eigenvalue weighted by Gasteiger charge is 2.35. The molecule has 0 aliphatic carbocycles. The molecule has 1 N–H and O–H groups in total. The molecule has 45 heavy (non-hydrogen) atoms. The minimum absolute atomic E-state index is 0.0256. The van der Waals surface area contributed by atoms with Crippen LogP contribution in [0.25, 0.3) is 0 Å². The van der Waals surface area contributed by atoms with Crippen LogP contribution in [0.4, 0.5) is 10.1 Å². The molecular weight excluding hydrogens is 589 g/mol. The molecule has 0 bridgehead atoms. The summed E-state index contributed by atoms with van der Waals surface area (Å²) >= 11 is 0. The lowest BCUT2D eigenvalue weighted by Gasteiger charge is -2.34. The lowest BCUT2D eigenvalue weighted by Crippen LogP contribution is -2.53. The van der Waals surface area contributed by atoms with Crippen LogP contribution in [0.15, 0.2) is 108 Å². The topological polar surface area (TPSA) is 86.8 Å². The van der Waals surface area contributed by atoms with Gasteiger partial charge in [0.15, 0.2) is 0 Å². The number of rotatable bonds is 13. The van der Waals surface area contributed by atoms with Crippen LogP contribution in [0, 0.1) is 25.6 Å². The van der Waals surface area contributed by atoms with Gasteiger partial charge in [-0.15, -0.1) is 0 Å². The number of aryl methyl sites for hydroxylation is 2. The first kappa shape index (κ1) is 33.4. The van der Waals surface area contributed by atoms with Crippen LogP contribution in [-0.2, 0) is 32.6 Å². The summed E-state index contributed by atoms with van der Waals surface area (Å²) in [6.45, 7) is 7.21. The molecule has 7 nitrogen and oxygen atoms in total. The van der Waals surface area contributed by atoms with E-state index in [2.05, 4.69) is 5.32 Å². The summed E-state index contributed by atoms with van der Waals surface area (Å²) in [5.41, 5.74) is 3.12. The second-order valence-corrected chi connectivity index (χ2v) is 13.5. The van der Waals surface area contributed by atoms with Crippen molar-refractivity contribution < 1.29 is 22.4 Å². The number of halogens is 1. The Morgan fingerprint density at radius 3 is 1.98 bits per heavy atom. The Kier molecular flexibility index (Phi) is 11.1. The molecule has 9 heteroatoms. The number of anilines is 1. The summed E-state index contributed by atoms with van der Waals surface area (Å²) in [5, 5.41) is 2.93. The van der Waals surface area contributed by atoms with E-state index in [0.717, 1.165) is 21.0 Å². The fourth-order valence-corrected chi connectivity index (χ4v) is 6.28. The number of nitrogens with one attached hydrogen (secondary N) is 1. The summed E-state index contributed by atoms with van der Waals surface area (Å²) in [6.07, 6.45) is 0.153. The smallest absolute Gasteiger partial charge is 0.264 e. The van der Waals surface area contributed by atoms with Crippen LogP contribution in [0.1, 0.15) is 36.1 Å². The lowest BCUT2D eigenvalue weighted by molar-refractivity contribution is -0.140. The Morgan fingerprint density at radius 1 is 0.800 bits per heavy atom. The number of carbonyl (C=O) groups is 2. The van der Waals surface area contributed by atoms with Gasteiger partial charge in [-0.2, -0.15) is 0 Å². The van der Waals surface area contributed by atoms with Crippen LogP contribution in [0.2, 0.25) is 0 Å². The fraction of sp³-hybridized carbons (Fsp3) is 0.278. The fourth-order valence-electron chi connectivity index (χ4n) is 4.86. The van der Waals surface area contributed by atoms with Gasteiger partial charge in [0, 0.05) is 25.1 Å². The van der Waals surface area contributed by atoms with E-state index in [9.17, 15) is 18.0 Å². The molecule has 0 fully saturated rings. The second-order valence-electron chi connectivity index (χ2n) is 11.6. The van der Waals surface area contributed by atoms with Gasteiger partial charge < -0.3 is 10.2 Å². The van der Waals surface area contributed by atoms with E-state index in [-0.39, 0.29) is 29.3 Å². The normalized spacial score (nSPS) is 12.0. The molecule has 0 saturated heterocycles. The largest absolute Gasteiger partial charge is 0.354 e. The van der Waals surface area contributed by atoms with E-state index < -0.39 is 40.2 Å². The molecular formula is C36H40FN3O4S. The summed E-state index contributed by atoms with van der Waals surface area (Å²) in [7, 11) is -4.21. The first-order valence-corrected chi connectivity index (χ1v) is 16.4. The lowest BCUT2D eigenvalue weighted by atomic mass is 10.0. The molecule has 0 aromatic heterocycles. The SMILES string of the molecule is Cc1ccc(N(CC(=O)N(Cc2ccccc2F)C(Cc2ccccc2)C(=O)NCC(C)C)S(=O)(=O)c2ccc(C)cc2)cc1. The predicted octanol–water partition coefficient (Wildman–Crippen LogP) is 6.05. The number of hydrogen-bond donors (Lipinski definition) is 1. The first-order chi connectivity index (χ1) is 21.5. The summed E-state index contributed by atoms with van der Waals surface area (Å²) in [6, 6.07) is 27.5. The van der Waals surface area contributed by atoms with Gasteiger partial charge >= 0.3 is 0 Å². The third-order valence-electron chi connectivity index (χ3n) is 7.46. The molecule has 0 radical (unpaired) electrons. The van der Waals surface area contributed by atoms with Crippen molar-refractivity contribution >= 4 is 27.5 Å². The average Bonchev–Trinajstić information content (AvgIpc) is 3.02. The van der Waals surface area contributed by atoms with Crippen molar-refractivity contribution in [2.45, 2.75) is 51.6 Å². The number of sulfonamides is 1. The van der Waals surface area contributed by atoms with E-state index in [0.29, 0.717) is 12.2 Å². The number of hydrogen-bond acceptors (Lipinski definition) is 4. The van der Waals surface area contributed by atoms with E-state index in [1.165, 1.54) is 23.1 Å². The molecule has 0 spiro atoms. The molecule has 1 atom stereocenters. The van der Waals surface area contributed by atoms with Crippen molar-refractivity contribution in [2.24, 2.45) is 5.92 Å². The van der Waals surface area contributed by atoms with E-state index in [4.69, 9.17) is 0 Å². The first-order valence-electron chi connectivity index (χ1n) is 15.0. The molecule has 1 unspecified atom stereocenters. The minimum Gasteiger partial charge on any atom is -0.354 e. The Balaban J connectivity index is 1.80. The predicted molar refractivity (Wildman–Crippen MR) is 176 cm³/mol. The summed E-state index contributed by atoms with van der Waals surface area (Å²) < 4.78 is 44.3. The van der Waals surface area contributed by atoms with Crippen LogP contribution < -0.4 is 9.62 Å². The van der Waals surface area contributed by atoms with Gasteiger partial charge in [0.25, 0.3) is 10.0 Å². The maximum atomic E-state index is 15.0.